The molecule has 2 rings (SSSR count). The Kier molecular flexibility index (Phi) is 3.45. The van der Waals surface area contributed by atoms with Crippen LogP contribution in [-0.4, -0.2) is 29.8 Å². The van der Waals surface area contributed by atoms with Gasteiger partial charge in [0.25, 0.3) is 0 Å². The molecule has 0 aromatic rings. The molecule has 0 aromatic carbocycles. The van der Waals surface area contributed by atoms with E-state index >= 15 is 0 Å². The van der Waals surface area contributed by atoms with Gasteiger partial charge in [0, 0.05) is 25.4 Å². The van der Waals surface area contributed by atoms with Gasteiger partial charge < -0.3 is 0 Å². The number of carbonyl (C=O) groups excluding carboxylic acids is 1. The highest BCUT2D eigenvalue weighted by molar-refractivity contribution is 5.79. The zero-order chi connectivity index (χ0) is 10.8. The van der Waals surface area contributed by atoms with Crippen molar-refractivity contribution in [2.45, 2.75) is 52.0 Å². The minimum Gasteiger partial charge on any atom is -0.300 e. The lowest BCUT2D eigenvalue weighted by Gasteiger charge is -2.41. The Morgan fingerprint density at radius 2 is 2.07 bits per heavy atom. The molecule has 1 saturated carbocycles. The Morgan fingerprint density at radius 1 is 1.27 bits per heavy atom. The summed E-state index contributed by atoms with van der Waals surface area (Å²) in [5, 5.41) is 0. The fourth-order valence-electron chi connectivity index (χ4n) is 3.13. The molecule has 3 atom stereocenters. The molecule has 2 heteroatoms. The highest BCUT2D eigenvalue weighted by Crippen LogP contribution is 2.29. The highest BCUT2D eigenvalue weighted by atomic mass is 16.1. The Hall–Kier alpha value is -0.370. The molecule has 1 aliphatic carbocycles. The first-order chi connectivity index (χ1) is 7.16. The van der Waals surface area contributed by atoms with Crippen molar-refractivity contribution in [3.05, 3.63) is 0 Å². The van der Waals surface area contributed by atoms with Gasteiger partial charge in [-0.2, -0.15) is 0 Å². The van der Waals surface area contributed by atoms with Crippen LogP contribution in [-0.2, 0) is 4.79 Å². The third-order valence-corrected chi connectivity index (χ3v) is 4.13. The normalized spacial score (nSPS) is 39.3. The van der Waals surface area contributed by atoms with Crippen molar-refractivity contribution in [3.63, 3.8) is 0 Å². The van der Waals surface area contributed by atoms with Gasteiger partial charge in [0.15, 0.2) is 0 Å². The molecule has 1 saturated heterocycles. The molecule has 2 fully saturated rings. The van der Waals surface area contributed by atoms with Gasteiger partial charge in [-0.25, -0.2) is 0 Å². The van der Waals surface area contributed by atoms with Gasteiger partial charge in [0.2, 0.25) is 0 Å². The minimum atomic E-state index is 0.483. The third kappa shape index (κ3) is 2.60. The van der Waals surface area contributed by atoms with Crippen molar-refractivity contribution in [2.24, 2.45) is 11.8 Å². The fraction of sp³-hybridized carbons (Fsp3) is 0.923. The number of carbonyl (C=O) groups is 1. The van der Waals surface area contributed by atoms with Gasteiger partial charge in [-0.15, -0.1) is 0 Å². The molecule has 3 unspecified atom stereocenters. The molecule has 0 bridgehead atoms. The summed E-state index contributed by atoms with van der Waals surface area (Å²) in [5.41, 5.74) is 0. The van der Waals surface area contributed by atoms with Crippen LogP contribution < -0.4 is 0 Å². The second-order valence-electron chi connectivity index (χ2n) is 5.57. The molecule has 1 heterocycles. The van der Waals surface area contributed by atoms with E-state index in [0.717, 1.165) is 25.2 Å². The van der Waals surface area contributed by atoms with Crippen molar-refractivity contribution in [1.82, 2.24) is 4.90 Å². The van der Waals surface area contributed by atoms with Crippen LogP contribution in [0, 0.1) is 11.8 Å². The number of piperidine rings is 1. The van der Waals surface area contributed by atoms with Crippen LogP contribution in [0.15, 0.2) is 0 Å². The maximum Gasteiger partial charge on any atom is 0.134 e. The average molecular weight is 209 g/mol. The zero-order valence-electron chi connectivity index (χ0n) is 10.0. The minimum absolute atomic E-state index is 0.483. The van der Waals surface area contributed by atoms with Crippen molar-refractivity contribution in [3.8, 4) is 0 Å². The van der Waals surface area contributed by atoms with Crippen LogP contribution in [0.25, 0.3) is 0 Å². The fourth-order valence-corrected chi connectivity index (χ4v) is 3.13. The van der Waals surface area contributed by atoms with E-state index in [9.17, 15) is 4.79 Å². The number of nitrogens with zero attached hydrogens (tertiary/aromatic N) is 1. The third-order valence-electron chi connectivity index (χ3n) is 4.13. The van der Waals surface area contributed by atoms with E-state index < -0.39 is 0 Å². The number of Topliss-reactive ketones (excluding diaryl/α,β-unsaturated/α-hetero) is 1. The standard InChI is InChI=1S/C13H23NO/c1-10-4-3-7-14(9-10)13-8-12(15)6-5-11(13)2/h10-11,13H,3-9H2,1-2H3. The van der Waals surface area contributed by atoms with Crippen molar-refractivity contribution >= 4 is 5.78 Å². The first-order valence-electron chi connectivity index (χ1n) is 6.42. The molecule has 2 nitrogen and oxygen atoms in total. The van der Waals surface area contributed by atoms with Crippen LogP contribution >= 0.6 is 0 Å². The van der Waals surface area contributed by atoms with Crippen molar-refractivity contribution in [1.29, 1.82) is 0 Å². The van der Waals surface area contributed by atoms with E-state index in [2.05, 4.69) is 18.7 Å². The summed E-state index contributed by atoms with van der Waals surface area (Å²) in [6, 6.07) is 0.550. The van der Waals surface area contributed by atoms with Gasteiger partial charge in [0.05, 0.1) is 0 Å². The van der Waals surface area contributed by atoms with Crippen LogP contribution in [0.1, 0.15) is 46.0 Å². The quantitative estimate of drug-likeness (QED) is 0.661. The largest absolute Gasteiger partial charge is 0.300 e. The van der Waals surface area contributed by atoms with E-state index in [1.807, 2.05) is 0 Å². The first-order valence-corrected chi connectivity index (χ1v) is 6.42. The van der Waals surface area contributed by atoms with E-state index in [1.165, 1.54) is 25.9 Å². The molecule has 86 valence electrons. The second-order valence-corrected chi connectivity index (χ2v) is 5.57. The van der Waals surface area contributed by atoms with Gasteiger partial charge in [-0.1, -0.05) is 13.8 Å². The summed E-state index contributed by atoms with van der Waals surface area (Å²) in [6.07, 6.45) is 5.42. The molecular formula is C13H23NO. The van der Waals surface area contributed by atoms with Gasteiger partial charge in [0.1, 0.15) is 5.78 Å². The van der Waals surface area contributed by atoms with E-state index in [-0.39, 0.29) is 0 Å². The summed E-state index contributed by atoms with van der Waals surface area (Å²) < 4.78 is 0. The average Bonchev–Trinajstić information content (AvgIpc) is 2.22. The lowest BCUT2D eigenvalue weighted by molar-refractivity contribution is -0.123. The SMILES string of the molecule is CC1CCCN(C2CC(=O)CCC2C)C1. The Labute approximate surface area is 93.0 Å². The summed E-state index contributed by atoms with van der Waals surface area (Å²) in [4.78, 5) is 14.1. The van der Waals surface area contributed by atoms with Crippen LogP contribution in [0.5, 0.6) is 0 Å². The maximum absolute atomic E-state index is 11.5. The van der Waals surface area contributed by atoms with Crippen LogP contribution in [0.3, 0.4) is 0 Å². The van der Waals surface area contributed by atoms with Crippen molar-refractivity contribution in [2.75, 3.05) is 13.1 Å². The molecule has 1 aliphatic heterocycles. The van der Waals surface area contributed by atoms with E-state index in [1.54, 1.807) is 0 Å². The maximum atomic E-state index is 11.5. The number of ketones is 1. The smallest absolute Gasteiger partial charge is 0.134 e. The molecule has 2 aliphatic rings. The Bertz CT molecular complexity index is 239. The lowest BCUT2D eigenvalue weighted by Crippen LogP contribution is -2.47. The number of hydrogen-bond acceptors (Lipinski definition) is 2. The highest BCUT2D eigenvalue weighted by Gasteiger charge is 2.32. The molecule has 0 amide bonds. The van der Waals surface area contributed by atoms with E-state index in [0.29, 0.717) is 17.7 Å². The number of likely N-dealkylation sites (tertiary alicyclic amines) is 1. The lowest BCUT2D eigenvalue weighted by atomic mass is 9.82. The summed E-state index contributed by atoms with van der Waals surface area (Å²) in [6.45, 7) is 7.08. The predicted molar refractivity (Wildman–Crippen MR) is 61.8 cm³/mol. The molecule has 15 heavy (non-hydrogen) atoms. The molecule has 0 spiro atoms. The van der Waals surface area contributed by atoms with Gasteiger partial charge in [-0.3, -0.25) is 9.69 Å². The Morgan fingerprint density at radius 3 is 2.80 bits per heavy atom. The van der Waals surface area contributed by atoms with Gasteiger partial charge >= 0.3 is 0 Å². The summed E-state index contributed by atoms with van der Waals surface area (Å²) >= 11 is 0. The molecule has 0 N–H and O–H groups in total. The first kappa shape index (κ1) is 11.1. The molecular weight excluding hydrogens is 186 g/mol. The van der Waals surface area contributed by atoms with Crippen LogP contribution in [0.2, 0.25) is 0 Å². The molecule has 0 radical (unpaired) electrons. The van der Waals surface area contributed by atoms with Crippen LogP contribution in [0.4, 0.5) is 0 Å². The monoisotopic (exact) mass is 209 g/mol. The summed E-state index contributed by atoms with van der Waals surface area (Å²) in [7, 11) is 0. The van der Waals surface area contributed by atoms with Gasteiger partial charge in [-0.05, 0) is 37.6 Å². The number of rotatable bonds is 1. The predicted octanol–water partition coefficient (Wildman–Crippen LogP) is 2.48. The molecule has 0 aromatic heterocycles. The topological polar surface area (TPSA) is 20.3 Å². The number of hydrogen-bond donors (Lipinski definition) is 0. The van der Waals surface area contributed by atoms with E-state index in [4.69, 9.17) is 0 Å². The Balaban J connectivity index is 1.97. The summed E-state index contributed by atoms with van der Waals surface area (Å²) in [5.74, 6) is 2.02. The zero-order valence-corrected chi connectivity index (χ0v) is 10.0. The van der Waals surface area contributed by atoms with Crippen molar-refractivity contribution < 1.29 is 4.79 Å². The second kappa shape index (κ2) is 4.65.